The van der Waals surface area contributed by atoms with Crippen molar-refractivity contribution in [3.8, 4) is 11.1 Å². The number of rotatable bonds is 6. The van der Waals surface area contributed by atoms with E-state index >= 15 is 0 Å². The number of likely N-dealkylation sites (tertiary alicyclic amines) is 1. The fourth-order valence-electron chi connectivity index (χ4n) is 4.23. The van der Waals surface area contributed by atoms with E-state index in [1.807, 2.05) is 50.2 Å². The van der Waals surface area contributed by atoms with Crippen molar-refractivity contribution in [1.29, 1.82) is 0 Å². The highest BCUT2D eigenvalue weighted by molar-refractivity contribution is 5.94. The molecule has 7 heteroatoms. The molecule has 2 aromatic heterocycles. The third-order valence-corrected chi connectivity index (χ3v) is 6.14. The lowest BCUT2D eigenvalue weighted by Crippen LogP contribution is -2.42. The predicted molar refractivity (Wildman–Crippen MR) is 118 cm³/mol. The Bertz CT molecular complexity index is 1090. The quantitative estimate of drug-likeness (QED) is 0.643. The van der Waals surface area contributed by atoms with E-state index < -0.39 is 5.41 Å². The van der Waals surface area contributed by atoms with Crippen LogP contribution in [0.5, 0.6) is 0 Å². The minimum Gasteiger partial charge on any atom is -0.369 e. The number of hydrogen-bond acceptors (Lipinski definition) is 4. The smallest absolute Gasteiger partial charge is 0.274 e. The van der Waals surface area contributed by atoms with Crippen LogP contribution in [0.15, 0.2) is 54.9 Å². The number of carbonyl (C=O) groups excluding carboxylic acids is 2. The van der Waals surface area contributed by atoms with Crippen LogP contribution in [-0.2, 0) is 11.2 Å². The lowest BCUT2D eigenvalue weighted by molar-refractivity contribution is -0.126. The van der Waals surface area contributed by atoms with E-state index in [0.717, 1.165) is 22.4 Å². The van der Waals surface area contributed by atoms with Gasteiger partial charge in [0.25, 0.3) is 5.91 Å². The molecule has 0 radical (unpaired) electrons. The highest BCUT2D eigenvalue weighted by atomic mass is 16.2. The summed E-state index contributed by atoms with van der Waals surface area (Å²) in [6, 6.07) is 13.7. The lowest BCUT2D eigenvalue weighted by Gasteiger charge is -2.27. The largest absolute Gasteiger partial charge is 0.369 e. The average Bonchev–Trinajstić information content (AvgIpc) is 3.43. The van der Waals surface area contributed by atoms with Crippen LogP contribution in [-0.4, -0.2) is 45.0 Å². The van der Waals surface area contributed by atoms with Crippen LogP contribution < -0.4 is 5.73 Å². The molecular formula is C24H27N5O2. The van der Waals surface area contributed by atoms with Gasteiger partial charge in [-0.1, -0.05) is 38.1 Å². The molecule has 0 spiro atoms. The molecule has 1 saturated heterocycles. The fourth-order valence-corrected chi connectivity index (χ4v) is 4.23. The van der Waals surface area contributed by atoms with Crippen LogP contribution in [0, 0.1) is 5.41 Å². The predicted octanol–water partition coefficient (Wildman–Crippen LogP) is 3.16. The molecule has 3 aromatic rings. The first-order chi connectivity index (χ1) is 14.9. The van der Waals surface area contributed by atoms with Crippen LogP contribution in [0.4, 0.5) is 0 Å². The second-order valence-electron chi connectivity index (χ2n) is 8.55. The molecule has 0 aliphatic carbocycles. The van der Waals surface area contributed by atoms with Gasteiger partial charge in [0, 0.05) is 31.2 Å². The molecule has 1 aromatic carbocycles. The molecule has 2 amide bonds. The van der Waals surface area contributed by atoms with E-state index in [-0.39, 0.29) is 24.3 Å². The summed E-state index contributed by atoms with van der Waals surface area (Å²) in [7, 11) is 0. The lowest BCUT2D eigenvalue weighted by atomic mass is 9.78. The number of nitrogens with zero attached hydrogens (tertiary/aromatic N) is 3. The van der Waals surface area contributed by atoms with Gasteiger partial charge in [-0.3, -0.25) is 19.7 Å². The molecule has 1 atom stereocenters. The Hall–Kier alpha value is -3.48. The Kier molecular flexibility index (Phi) is 5.59. The molecule has 1 aliphatic rings. The Morgan fingerprint density at radius 1 is 1.19 bits per heavy atom. The number of amides is 2. The molecule has 160 valence electrons. The maximum absolute atomic E-state index is 13.0. The van der Waals surface area contributed by atoms with Gasteiger partial charge in [0.15, 0.2) is 0 Å². The highest BCUT2D eigenvalue weighted by Gasteiger charge is 2.45. The minimum atomic E-state index is -0.810. The van der Waals surface area contributed by atoms with Gasteiger partial charge in [-0.25, -0.2) is 0 Å². The highest BCUT2D eigenvalue weighted by Crippen LogP contribution is 2.37. The zero-order valence-electron chi connectivity index (χ0n) is 17.8. The first-order valence-electron chi connectivity index (χ1n) is 10.5. The Morgan fingerprint density at radius 2 is 1.94 bits per heavy atom. The van der Waals surface area contributed by atoms with Crippen LogP contribution in [0.1, 0.15) is 47.9 Å². The van der Waals surface area contributed by atoms with E-state index in [1.54, 1.807) is 23.4 Å². The van der Waals surface area contributed by atoms with Crippen molar-refractivity contribution >= 4 is 11.8 Å². The number of pyridine rings is 1. The SMILES string of the molecule is CC(C)c1cc(C(=O)N2CC[C@@](Cc3ccccc3-c3ccncc3)(C(N)=O)C2)n[nH]1. The third-order valence-electron chi connectivity index (χ3n) is 6.14. The zero-order chi connectivity index (χ0) is 22.0. The summed E-state index contributed by atoms with van der Waals surface area (Å²) in [4.78, 5) is 31.4. The molecule has 0 unspecified atom stereocenters. The molecular weight excluding hydrogens is 390 g/mol. The topological polar surface area (TPSA) is 105 Å². The minimum absolute atomic E-state index is 0.173. The van der Waals surface area contributed by atoms with Gasteiger partial charge in [0.2, 0.25) is 5.91 Å². The number of hydrogen-bond donors (Lipinski definition) is 2. The van der Waals surface area contributed by atoms with Crippen molar-refractivity contribution < 1.29 is 9.59 Å². The van der Waals surface area contributed by atoms with Gasteiger partial charge in [-0.2, -0.15) is 5.10 Å². The molecule has 0 bridgehead atoms. The van der Waals surface area contributed by atoms with E-state index in [1.165, 1.54) is 0 Å². The summed E-state index contributed by atoms with van der Waals surface area (Å²) >= 11 is 0. The van der Waals surface area contributed by atoms with Crippen LogP contribution >= 0.6 is 0 Å². The maximum Gasteiger partial charge on any atom is 0.274 e. The maximum atomic E-state index is 13.0. The zero-order valence-corrected chi connectivity index (χ0v) is 17.8. The Labute approximate surface area is 181 Å². The van der Waals surface area contributed by atoms with E-state index in [9.17, 15) is 9.59 Å². The number of nitrogens with one attached hydrogen (secondary N) is 1. The summed E-state index contributed by atoms with van der Waals surface area (Å²) in [5.41, 5.74) is 9.50. The van der Waals surface area contributed by atoms with Crippen molar-refractivity contribution in [2.75, 3.05) is 13.1 Å². The summed E-state index contributed by atoms with van der Waals surface area (Å²) in [6.07, 6.45) is 4.51. The van der Waals surface area contributed by atoms with Gasteiger partial charge >= 0.3 is 0 Å². The van der Waals surface area contributed by atoms with Crippen molar-refractivity contribution in [3.63, 3.8) is 0 Å². The van der Waals surface area contributed by atoms with Crippen LogP contribution in [0.25, 0.3) is 11.1 Å². The number of carbonyl (C=O) groups is 2. The second-order valence-corrected chi connectivity index (χ2v) is 8.55. The van der Waals surface area contributed by atoms with Crippen molar-refractivity contribution in [3.05, 3.63) is 71.8 Å². The Morgan fingerprint density at radius 3 is 2.61 bits per heavy atom. The average molecular weight is 418 g/mol. The van der Waals surface area contributed by atoms with E-state index in [2.05, 4.69) is 15.2 Å². The Balaban J connectivity index is 1.59. The van der Waals surface area contributed by atoms with E-state index in [0.29, 0.717) is 25.1 Å². The number of primary amides is 1. The molecule has 1 fully saturated rings. The summed E-state index contributed by atoms with van der Waals surface area (Å²) < 4.78 is 0. The number of aromatic nitrogens is 3. The fraction of sp³-hybridized carbons (Fsp3) is 0.333. The summed E-state index contributed by atoms with van der Waals surface area (Å²) in [6.45, 7) is 4.84. The third kappa shape index (κ3) is 4.08. The van der Waals surface area contributed by atoms with Gasteiger partial charge in [-0.15, -0.1) is 0 Å². The standard InChI is InChI=1S/C24H27N5O2/c1-16(2)20-13-21(28-27-20)22(30)29-12-9-24(15-29,23(25)31)14-18-5-3-4-6-19(18)17-7-10-26-11-8-17/h3-8,10-11,13,16H,9,12,14-15H2,1-2H3,(H2,25,31)(H,27,28)/t24-/m0/s1. The van der Waals surface area contributed by atoms with Crippen molar-refractivity contribution in [2.24, 2.45) is 11.1 Å². The number of H-pyrrole nitrogens is 1. The van der Waals surface area contributed by atoms with Gasteiger partial charge in [0.1, 0.15) is 5.69 Å². The van der Waals surface area contributed by atoms with Gasteiger partial charge in [0.05, 0.1) is 5.41 Å². The first-order valence-corrected chi connectivity index (χ1v) is 10.5. The number of benzene rings is 1. The monoisotopic (exact) mass is 417 g/mol. The molecule has 1 aliphatic heterocycles. The normalized spacial score (nSPS) is 18.5. The molecule has 4 rings (SSSR count). The molecule has 0 saturated carbocycles. The van der Waals surface area contributed by atoms with Gasteiger partial charge < -0.3 is 10.6 Å². The first kappa shape index (κ1) is 20.8. The summed E-state index contributed by atoms with van der Waals surface area (Å²) in [5.74, 6) is -0.298. The van der Waals surface area contributed by atoms with Crippen molar-refractivity contribution in [1.82, 2.24) is 20.1 Å². The second kappa shape index (κ2) is 8.34. The van der Waals surface area contributed by atoms with Crippen molar-refractivity contribution in [2.45, 2.75) is 32.6 Å². The number of nitrogens with two attached hydrogens (primary N) is 1. The van der Waals surface area contributed by atoms with Crippen LogP contribution in [0.3, 0.4) is 0 Å². The molecule has 31 heavy (non-hydrogen) atoms. The number of aromatic amines is 1. The van der Waals surface area contributed by atoms with Gasteiger partial charge in [-0.05, 0) is 53.6 Å². The summed E-state index contributed by atoms with van der Waals surface area (Å²) in [5, 5.41) is 7.10. The van der Waals surface area contributed by atoms with Crippen LogP contribution in [0.2, 0.25) is 0 Å². The molecule has 7 nitrogen and oxygen atoms in total. The molecule has 3 heterocycles. The molecule has 3 N–H and O–H groups in total. The van der Waals surface area contributed by atoms with E-state index in [4.69, 9.17) is 5.73 Å².